The first-order valence-electron chi connectivity index (χ1n) is 6.75. The Kier molecular flexibility index (Phi) is 2.89. The Morgan fingerprint density at radius 1 is 1.50 bits per heavy atom. The molecule has 1 atom stereocenters. The molecule has 0 bridgehead atoms. The van der Waals surface area contributed by atoms with Crippen molar-refractivity contribution >= 4 is 11.6 Å². The zero-order valence-electron chi connectivity index (χ0n) is 11.4. The summed E-state index contributed by atoms with van der Waals surface area (Å²) in [7, 11) is 0. The van der Waals surface area contributed by atoms with Crippen molar-refractivity contribution in [3.63, 3.8) is 0 Å². The van der Waals surface area contributed by atoms with E-state index in [1.807, 2.05) is 24.0 Å². The van der Waals surface area contributed by atoms with E-state index >= 15 is 0 Å². The van der Waals surface area contributed by atoms with Crippen LogP contribution in [0.4, 0.5) is 10.1 Å². The van der Waals surface area contributed by atoms with Gasteiger partial charge in [0.15, 0.2) is 0 Å². The summed E-state index contributed by atoms with van der Waals surface area (Å²) in [6.07, 6.45) is 1.42. The molecule has 1 aromatic carbocycles. The Morgan fingerprint density at radius 3 is 2.95 bits per heavy atom. The fraction of sp³-hybridized carbons (Fsp3) is 0.467. The molecule has 1 unspecified atom stereocenters. The van der Waals surface area contributed by atoms with E-state index in [1.165, 1.54) is 6.07 Å². The highest BCUT2D eigenvalue weighted by Crippen LogP contribution is 2.40. The average Bonchev–Trinajstić information content (AvgIpc) is 2.96. The molecule has 20 heavy (non-hydrogen) atoms. The van der Waals surface area contributed by atoms with E-state index in [1.54, 1.807) is 0 Å². The van der Waals surface area contributed by atoms with E-state index in [-0.39, 0.29) is 16.9 Å². The zero-order valence-corrected chi connectivity index (χ0v) is 11.4. The predicted octanol–water partition coefficient (Wildman–Crippen LogP) is 1.72. The van der Waals surface area contributed by atoms with E-state index in [0.29, 0.717) is 25.2 Å². The molecule has 2 heterocycles. The molecule has 104 valence electrons. The summed E-state index contributed by atoms with van der Waals surface area (Å²) in [5.41, 5.74) is 1.51. The molecule has 2 aliphatic heterocycles. The summed E-state index contributed by atoms with van der Waals surface area (Å²) in [6.45, 7) is 3.95. The van der Waals surface area contributed by atoms with Crippen molar-refractivity contribution in [2.24, 2.45) is 5.41 Å². The number of nitrogens with one attached hydrogen (secondary N) is 1. The van der Waals surface area contributed by atoms with E-state index < -0.39 is 5.82 Å². The quantitative estimate of drug-likeness (QED) is 0.847. The molecule has 0 saturated carbocycles. The number of aryl methyl sites for hydroxylation is 1. The maximum Gasteiger partial charge on any atom is 0.220 e. The second-order valence-corrected chi connectivity index (χ2v) is 5.88. The second kappa shape index (κ2) is 4.48. The number of rotatable bonds is 1. The van der Waals surface area contributed by atoms with E-state index in [9.17, 15) is 9.18 Å². The van der Waals surface area contributed by atoms with Gasteiger partial charge in [0.25, 0.3) is 0 Å². The van der Waals surface area contributed by atoms with Crippen LogP contribution in [-0.4, -0.2) is 25.5 Å². The number of nitriles is 1. The standard InChI is InChI=1S/C15H16FN3O/c1-10-4-12(16)11(7-17)13(5-10)19-3-2-15(9-19)6-14(20)18-8-15/h4-5H,2-3,6,8-9H2,1H3,(H,18,20). The van der Waals surface area contributed by atoms with Gasteiger partial charge in [0.2, 0.25) is 5.91 Å². The monoisotopic (exact) mass is 273 g/mol. The molecule has 3 rings (SSSR count). The van der Waals surface area contributed by atoms with Crippen molar-refractivity contribution in [2.45, 2.75) is 19.8 Å². The van der Waals surface area contributed by atoms with Crippen LogP contribution < -0.4 is 10.2 Å². The molecule has 5 heteroatoms. The van der Waals surface area contributed by atoms with Crippen LogP contribution in [-0.2, 0) is 4.79 Å². The van der Waals surface area contributed by atoms with Crippen LogP contribution in [0.3, 0.4) is 0 Å². The number of carbonyl (C=O) groups excluding carboxylic acids is 1. The van der Waals surface area contributed by atoms with Crippen LogP contribution in [0.1, 0.15) is 24.0 Å². The van der Waals surface area contributed by atoms with Crippen molar-refractivity contribution in [1.82, 2.24) is 5.32 Å². The van der Waals surface area contributed by atoms with Crippen molar-refractivity contribution < 1.29 is 9.18 Å². The molecule has 0 aromatic heterocycles. The Balaban J connectivity index is 1.92. The predicted molar refractivity (Wildman–Crippen MR) is 72.7 cm³/mol. The van der Waals surface area contributed by atoms with Gasteiger partial charge in [0.1, 0.15) is 17.4 Å². The normalized spacial score (nSPS) is 25.1. The van der Waals surface area contributed by atoms with Crippen molar-refractivity contribution in [3.05, 3.63) is 29.1 Å². The van der Waals surface area contributed by atoms with E-state index in [4.69, 9.17) is 5.26 Å². The third-order valence-corrected chi connectivity index (χ3v) is 4.30. The molecule has 1 aromatic rings. The lowest BCUT2D eigenvalue weighted by molar-refractivity contribution is -0.119. The van der Waals surface area contributed by atoms with E-state index in [2.05, 4.69) is 5.32 Å². The Morgan fingerprint density at radius 2 is 2.30 bits per heavy atom. The Labute approximate surface area is 117 Å². The maximum atomic E-state index is 13.9. The summed E-state index contributed by atoms with van der Waals surface area (Å²) in [5.74, 6) is -0.383. The molecule has 2 aliphatic rings. The minimum atomic E-state index is -0.468. The number of anilines is 1. The van der Waals surface area contributed by atoms with Gasteiger partial charge >= 0.3 is 0 Å². The SMILES string of the molecule is Cc1cc(F)c(C#N)c(N2CCC3(CNC(=O)C3)C2)c1. The fourth-order valence-corrected chi connectivity index (χ4v) is 3.26. The average molecular weight is 273 g/mol. The van der Waals surface area contributed by atoms with Crippen LogP contribution in [0.25, 0.3) is 0 Å². The number of amides is 1. The van der Waals surface area contributed by atoms with Gasteiger partial charge in [-0.2, -0.15) is 5.26 Å². The smallest absolute Gasteiger partial charge is 0.220 e. The third-order valence-electron chi connectivity index (χ3n) is 4.30. The molecule has 1 spiro atoms. The molecular weight excluding hydrogens is 257 g/mol. The Hall–Kier alpha value is -2.09. The molecule has 2 saturated heterocycles. The van der Waals surface area contributed by atoms with Gasteiger partial charge in [-0.05, 0) is 31.0 Å². The number of hydrogen-bond donors (Lipinski definition) is 1. The number of benzene rings is 1. The van der Waals surface area contributed by atoms with Crippen molar-refractivity contribution in [3.8, 4) is 6.07 Å². The van der Waals surface area contributed by atoms with Gasteiger partial charge in [0, 0.05) is 31.5 Å². The van der Waals surface area contributed by atoms with Gasteiger partial charge in [-0.1, -0.05) is 0 Å². The maximum absolute atomic E-state index is 13.9. The number of halogens is 1. The second-order valence-electron chi connectivity index (χ2n) is 5.88. The molecule has 2 fully saturated rings. The molecular formula is C15H16FN3O. The molecule has 0 radical (unpaired) electrons. The Bertz CT molecular complexity index is 622. The lowest BCUT2D eigenvalue weighted by Crippen LogP contribution is -2.29. The summed E-state index contributed by atoms with van der Waals surface area (Å²) >= 11 is 0. The summed E-state index contributed by atoms with van der Waals surface area (Å²) in [5, 5.41) is 12.0. The largest absolute Gasteiger partial charge is 0.370 e. The fourth-order valence-electron chi connectivity index (χ4n) is 3.26. The lowest BCUT2D eigenvalue weighted by atomic mass is 9.86. The van der Waals surface area contributed by atoms with E-state index in [0.717, 1.165) is 18.5 Å². The van der Waals surface area contributed by atoms with Crippen LogP contribution in [0, 0.1) is 29.5 Å². The van der Waals surface area contributed by atoms with Gasteiger partial charge in [-0.3, -0.25) is 4.79 Å². The molecule has 1 amide bonds. The van der Waals surface area contributed by atoms with Crippen LogP contribution >= 0.6 is 0 Å². The first-order chi connectivity index (χ1) is 9.53. The molecule has 1 N–H and O–H groups in total. The number of hydrogen-bond acceptors (Lipinski definition) is 3. The van der Waals surface area contributed by atoms with Gasteiger partial charge in [-0.25, -0.2) is 4.39 Å². The highest BCUT2D eigenvalue weighted by molar-refractivity contribution is 5.79. The van der Waals surface area contributed by atoms with Crippen molar-refractivity contribution in [1.29, 1.82) is 5.26 Å². The highest BCUT2D eigenvalue weighted by atomic mass is 19.1. The first kappa shape index (κ1) is 12.9. The minimum absolute atomic E-state index is 0.0516. The van der Waals surface area contributed by atoms with Gasteiger partial charge in [0.05, 0.1) is 5.69 Å². The summed E-state index contributed by atoms with van der Waals surface area (Å²) in [4.78, 5) is 13.5. The molecule has 0 aliphatic carbocycles. The summed E-state index contributed by atoms with van der Waals surface area (Å²) < 4.78 is 13.9. The third kappa shape index (κ3) is 2.01. The topological polar surface area (TPSA) is 56.1 Å². The minimum Gasteiger partial charge on any atom is -0.370 e. The van der Waals surface area contributed by atoms with Crippen LogP contribution in [0.5, 0.6) is 0 Å². The zero-order chi connectivity index (χ0) is 14.3. The molecule has 4 nitrogen and oxygen atoms in total. The first-order valence-corrected chi connectivity index (χ1v) is 6.75. The summed E-state index contributed by atoms with van der Waals surface area (Å²) in [6, 6.07) is 5.19. The lowest BCUT2D eigenvalue weighted by Gasteiger charge is -2.24. The van der Waals surface area contributed by atoms with Crippen molar-refractivity contribution in [2.75, 3.05) is 24.5 Å². The van der Waals surface area contributed by atoms with Gasteiger partial charge < -0.3 is 10.2 Å². The van der Waals surface area contributed by atoms with Gasteiger partial charge in [-0.15, -0.1) is 0 Å². The highest BCUT2D eigenvalue weighted by Gasteiger charge is 2.44. The van der Waals surface area contributed by atoms with Crippen LogP contribution in [0.15, 0.2) is 12.1 Å². The number of nitrogens with zero attached hydrogens (tertiary/aromatic N) is 2. The van der Waals surface area contributed by atoms with Crippen LogP contribution in [0.2, 0.25) is 0 Å². The number of carbonyl (C=O) groups is 1.